The number of aliphatic hydroxyl groups is 1. The zero-order valence-corrected chi connectivity index (χ0v) is 10.2. The predicted molar refractivity (Wildman–Crippen MR) is 61.7 cm³/mol. The number of thioether (sulfide) groups is 1. The van der Waals surface area contributed by atoms with Crippen molar-refractivity contribution in [2.45, 2.75) is 11.9 Å². The molecule has 0 aliphatic rings. The molecule has 0 bridgehead atoms. The average molecular weight is 278 g/mol. The predicted octanol–water partition coefficient (Wildman–Crippen LogP) is 1.76. The van der Waals surface area contributed by atoms with Gasteiger partial charge in [-0.05, 0) is 22.9 Å². The van der Waals surface area contributed by atoms with E-state index in [0.29, 0.717) is 11.7 Å². The second-order valence-electron chi connectivity index (χ2n) is 2.45. The third-order valence-electron chi connectivity index (χ3n) is 1.38. The summed E-state index contributed by atoms with van der Waals surface area (Å²) in [6.45, 7) is 2.94. The fraction of sp³-hybridized carbons (Fsp3) is 0.500. The maximum absolute atomic E-state index is 8.70. The van der Waals surface area contributed by atoms with Gasteiger partial charge in [-0.3, -0.25) is 0 Å². The van der Waals surface area contributed by atoms with E-state index in [2.05, 4.69) is 31.2 Å². The van der Waals surface area contributed by atoms with E-state index in [1.807, 2.05) is 6.92 Å². The van der Waals surface area contributed by atoms with Gasteiger partial charge in [-0.25, -0.2) is 9.97 Å². The molecule has 1 aromatic rings. The van der Waals surface area contributed by atoms with Crippen molar-refractivity contribution in [2.24, 2.45) is 0 Å². The monoisotopic (exact) mass is 277 g/mol. The normalized spacial score (nSPS) is 10.2. The van der Waals surface area contributed by atoms with E-state index in [9.17, 15) is 0 Å². The van der Waals surface area contributed by atoms with E-state index in [1.165, 1.54) is 11.8 Å². The van der Waals surface area contributed by atoms with Crippen LogP contribution in [0.1, 0.15) is 6.92 Å². The molecule has 78 valence electrons. The molecule has 0 atom stereocenters. The number of nitrogens with zero attached hydrogens (tertiary/aromatic N) is 2. The fourth-order valence-electron chi connectivity index (χ4n) is 0.838. The third-order valence-corrected chi connectivity index (χ3v) is 3.19. The quantitative estimate of drug-likeness (QED) is 0.635. The lowest BCUT2D eigenvalue weighted by molar-refractivity contribution is 0.322. The minimum absolute atomic E-state index is 0.150. The number of hydrogen-bond donors (Lipinski definition) is 2. The van der Waals surface area contributed by atoms with Gasteiger partial charge in [-0.1, -0.05) is 0 Å². The molecular formula is C8H12BrN3OS. The summed E-state index contributed by atoms with van der Waals surface area (Å²) in [7, 11) is 0. The van der Waals surface area contributed by atoms with Crippen molar-refractivity contribution < 1.29 is 5.11 Å². The van der Waals surface area contributed by atoms with Crippen LogP contribution in [-0.4, -0.2) is 34.0 Å². The second-order valence-corrected chi connectivity index (χ2v) is 4.39. The first kappa shape index (κ1) is 11.7. The van der Waals surface area contributed by atoms with Crippen LogP contribution < -0.4 is 5.32 Å². The third kappa shape index (κ3) is 3.43. The Balaban J connectivity index is 2.74. The van der Waals surface area contributed by atoms with Gasteiger partial charge in [-0.2, -0.15) is 0 Å². The summed E-state index contributed by atoms with van der Waals surface area (Å²) in [6, 6.07) is 0. The number of aromatic nitrogens is 2. The van der Waals surface area contributed by atoms with E-state index in [0.717, 1.165) is 16.0 Å². The smallest absolute Gasteiger partial charge is 0.223 e. The number of anilines is 1. The zero-order chi connectivity index (χ0) is 10.4. The Morgan fingerprint density at radius 2 is 2.43 bits per heavy atom. The van der Waals surface area contributed by atoms with Gasteiger partial charge in [0.25, 0.3) is 0 Å². The Kier molecular flexibility index (Phi) is 5.21. The Hall–Kier alpha value is -0.330. The molecule has 0 spiro atoms. The highest BCUT2D eigenvalue weighted by Gasteiger charge is 2.04. The topological polar surface area (TPSA) is 58.0 Å². The lowest BCUT2D eigenvalue weighted by Gasteiger charge is -2.05. The van der Waals surface area contributed by atoms with Crippen LogP contribution >= 0.6 is 27.7 Å². The number of halogens is 1. The molecule has 0 amide bonds. The van der Waals surface area contributed by atoms with Gasteiger partial charge in [-0.15, -0.1) is 11.8 Å². The Morgan fingerprint density at radius 3 is 3.07 bits per heavy atom. The summed E-state index contributed by atoms with van der Waals surface area (Å²) < 4.78 is 0.859. The average Bonchev–Trinajstić information content (AvgIpc) is 2.19. The van der Waals surface area contributed by atoms with Crippen LogP contribution in [0.5, 0.6) is 0 Å². The molecule has 0 radical (unpaired) electrons. The number of nitrogens with one attached hydrogen (secondary N) is 1. The molecule has 1 rings (SSSR count). The number of rotatable bonds is 5. The summed E-state index contributed by atoms with van der Waals surface area (Å²) in [5.74, 6) is 1.26. The highest BCUT2D eigenvalue weighted by Crippen LogP contribution is 2.25. The molecule has 0 fully saturated rings. The number of hydrogen-bond acceptors (Lipinski definition) is 5. The van der Waals surface area contributed by atoms with Crippen molar-refractivity contribution >= 4 is 33.6 Å². The van der Waals surface area contributed by atoms with E-state index < -0.39 is 0 Å². The summed E-state index contributed by atoms with van der Waals surface area (Å²) in [5, 5.41) is 12.6. The van der Waals surface area contributed by atoms with Crippen molar-refractivity contribution in [1.82, 2.24) is 9.97 Å². The van der Waals surface area contributed by atoms with Gasteiger partial charge in [0.05, 0.1) is 11.1 Å². The van der Waals surface area contributed by atoms with E-state index in [4.69, 9.17) is 5.11 Å². The molecule has 0 aromatic carbocycles. The first-order chi connectivity index (χ1) is 6.77. The van der Waals surface area contributed by atoms with Crippen molar-refractivity contribution in [3.05, 3.63) is 10.7 Å². The van der Waals surface area contributed by atoms with Gasteiger partial charge in [0, 0.05) is 18.5 Å². The Morgan fingerprint density at radius 1 is 1.64 bits per heavy atom. The van der Waals surface area contributed by atoms with Crippen LogP contribution in [0.15, 0.2) is 15.7 Å². The molecule has 1 aromatic heterocycles. The van der Waals surface area contributed by atoms with Gasteiger partial charge >= 0.3 is 0 Å². The van der Waals surface area contributed by atoms with Crippen LogP contribution in [0.2, 0.25) is 0 Å². The van der Waals surface area contributed by atoms with Crippen LogP contribution in [0.3, 0.4) is 0 Å². The lowest BCUT2D eigenvalue weighted by atomic mass is 10.6. The van der Waals surface area contributed by atoms with E-state index >= 15 is 0 Å². The van der Waals surface area contributed by atoms with Crippen molar-refractivity contribution in [3.63, 3.8) is 0 Å². The molecule has 0 saturated carbocycles. The summed E-state index contributed by atoms with van der Waals surface area (Å²) in [5.41, 5.74) is 0. The Bertz CT molecular complexity index is 298. The lowest BCUT2D eigenvalue weighted by Crippen LogP contribution is -2.02. The summed E-state index contributed by atoms with van der Waals surface area (Å²) in [4.78, 5) is 8.37. The maximum atomic E-state index is 8.70. The first-order valence-corrected chi connectivity index (χ1v) is 6.05. The minimum atomic E-state index is 0.150. The highest BCUT2D eigenvalue weighted by molar-refractivity contribution is 9.10. The minimum Gasteiger partial charge on any atom is -0.396 e. The van der Waals surface area contributed by atoms with Crippen LogP contribution in [0.25, 0.3) is 0 Å². The molecular weight excluding hydrogens is 266 g/mol. The summed E-state index contributed by atoms with van der Waals surface area (Å²) in [6.07, 6.45) is 1.71. The zero-order valence-electron chi connectivity index (χ0n) is 7.83. The van der Waals surface area contributed by atoms with Crippen LogP contribution in [0, 0.1) is 0 Å². The highest BCUT2D eigenvalue weighted by atomic mass is 79.9. The molecule has 0 saturated heterocycles. The van der Waals surface area contributed by atoms with Crippen molar-refractivity contribution in [1.29, 1.82) is 0 Å². The maximum Gasteiger partial charge on any atom is 0.223 e. The molecule has 2 N–H and O–H groups in total. The second kappa shape index (κ2) is 6.21. The van der Waals surface area contributed by atoms with Gasteiger partial charge in [0.2, 0.25) is 5.95 Å². The van der Waals surface area contributed by atoms with Gasteiger partial charge < -0.3 is 10.4 Å². The van der Waals surface area contributed by atoms with Gasteiger partial charge in [0.1, 0.15) is 5.03 Å². The largest absolute Gasteiger partial charge is 0.396 e. The standard InChI is InChI=1S/C8H12BrN3OS/c1-2-10-8-11-5-6(9)7(12-8)14-4-3-13/h5,13H,2-4H2,1H3,(H,10,11,12). The molecule has 0 unspecified atom stereocenters. The molecule has 0 aliphatic carbocycles. The SMILES string of the molecule is CCNc1ncc(Br)c(SCCO)n1. The Labute approximate surface area is 95.7 Å². The van der Waals surface area contributed by atoms with E-state index in [1.54, 1.807) is 6.20 Å². The van der Waals surface area contributed by atoms with Crippen LogP contribution in [0.4, 0.5) is 5.95 Å². The molecule has 0 aliphatic heterocycles. The van der Waals surface area contributed by atoms with Gasteiger partial charge in [0.15, 0.2) is 0 Å². The van der Waals surface area contributed by atoms with Crippen LogP contribution in [-0.2, 0) is 0 Å². The molecule has 1 heterocycles. The first-order valence-electron chi connectivity index (χ1n) is 4.28. The molecule has 6 heteroatoms. The van der Waals surface area contributed by atoms with Crippen molar-refractivity contribution in [2.75, 3.05) is 24.2 Å². The fourth-order valence-corrected chi connectivity index (χ4v) is 2.00. The summed E-state index contributed by atoms with van der Waals surface area (Å²) >= 11 is 4.86. The van der Waals surface area contributed by atoms with E-state index in [-0.39, 0.29) is 6.61 Å². The molecule has 4 nitrogen and oxygen atoms in total. The number of aliphatic hydroxyl groups excluding tert-OH is 1. The van der Waals surface area contributed by atoms with Crippen molar-refractivity contribution in [3.8, 4) is 0 Å². The molecule has 14 heavy (non-hydrogen) atoms.